The number of aromatic nitrogens is 1. The highest BCUT2D eigenvalue weighted by molar-refractivity contribution is 5.65. The minimum absolute atomic E-state index is 0.676. The lowest BCUT2D eigenvalue weighted by Crippen LogP contribution is -2.19. The number of para-hydroxylation sites is 1. The Hall–Kier alpha value is -2.07. The maximum absolute atomic E-state index is 5.43. The van der Waals surface area contributed by atoms with Gasteiger partial charge in [0, 0.05) is 30.2 Å². The molecule has 3 N–H and O–H groups in total. The van der Waals surface area contributed by atoms with Gasteiger partial charge in [0.2, 0.25) is 0 Å². The molecule has 0 saturated carbocycles. The van der Waals surface area contributed by atoms with Crippen LogP contribution in [0.15, 0.2) is 48.7 Å². The number of hydrazine groups is 1. The predicted molar refractivity (Wildman–Crippen MR) is 80.4 cm³/mol. The minimum Gasteiger partial charge on any atom is -0.341 e. The fourth-order valence-corrected chi connectivity index (χ4v) is 2.00. The Balaban J connectivity index is 2.31. The highest BCUT2D eigenvalue weighted by Crippen LogP contribution is 2.26. The first-order chi connectivity index (χ1) is 9.35. The summed E-state index contributed by atoms with van der Waals surface area (Å²) in [6.45, 7) is 3.18. The molecule has 1 heterocycles. The summed E-state index contributed by atoms with van der Waals surface area (Å²) in [5, 5.41) is 0. The molecule has 0 aliphatic heterocycles. The Labute approximate surface area is 114 Å². The molecule has 0 bridgehead atoms. The van der Waals surface area contributed by atoms with Crippen molar-refractivity contribution >= 4 is 17.2 Å². The number of nitrogens with one attached hydrogen (secondary N) is 1. The third kappa shape index (κ3) is 3.45. The zero-order valence-corrected chi connectivity index (χ0v) is 11.2. The van der Waals surface area contributed by atoms with Crippen LogP contribution >= 0.6 is 0 Å². The van der Waals surface area contributed by atoms with E-state index in [0.717, 1.165) is 25.1 Å². The van der Waals surface area contributed by atoms with Gasteiger partial charge >= 0.3 is 0 Å². The van der Waals surface area contributed by atoms with E-state index in [4.69, 9.17) is 5.84 Å². The molecule has 0 spiro atoms. The van der Waals surface area contributed by atoms with Gasteiger partial charge in [0.25, 0.3) is 0 Å². The van der Waals surface area contributed by atoms with Gasteiger partial charge in [-0.3, -0.25) is 0 Å². The second kappa shape index (κ2) is 6.75. The van der Waals surface area contributed by atoms with Gasteiger partial charge in [0.15, 0.2) is 0 Å². The normalized spacial score (nSPS) is 10.2. The summed E-state index contributed by atoms with van der Waals surface area (Å²) in [5.41, 5.74) is 4.88. The smallest absolute Gasteiger partial charge is 0.141 e. The number of nitrogens with two attached hydrogens (primary N) is 1. The van der Waals surface area contributed by atoms with Crippen molar-refractivity contribution in [3.05, 3.63) is 48.7 Å². The number of nitrogen functional groups attached to an aromatic ring is 1. The van der Waals surface area contributed by atoms with Crippen LogP contribution < -0.4 is 16.2 Å². The van der Waals surface area contributed by atoms with Crippen LogP contribution in [0.1, 0.15) is 19.8 Å². The lowest BCUT2D eigenvalue weighted by atomic mass is 10.2. The summed E-state index contributed by atoms with van der Waals surface area (Å²) in [4.78, 5) is 6.44. The quantitative estimate of drug-likeness (QED) is 0.615. The van der Waals surface area contributed by atoms with Crippen molar-refractivity contribution in [3.63, 3.8) is 0 Å². The molecule has 0 saturated heterocycles. The number of rotatable bonds is 6. The third-order valence-electron chi connectivity index (χ3n) is 3.01. The van der Waals surface area contributed by atoms with Crippen molar-refractivity contribution in [2.45, 2.75) is 19.8 Å². The van der Waals surface area contributed by atoms with Crippen molar-refractivity contribution in [3.8, 4) is 0 Å². The first-order valence-electron chi connectivity index (χ1n) is 6.60. The average molecular weight is 256 g/mol. The zero-order chi connectivity index (χ0) is 13.5. The monoisotopic (exact) mass is 256 g/mol. The lowest BCUT2D eigenvalue weighted by molar-refractivity contribution is 0.785. The Morgan fingerprint density at radius 1 is 1.16 bits per heavy atom. The van der Waals surface area contributed by atoms with Crippen molar-refractivity contribution < 1.29 is 0 Å². The van der Waals surface area contributed by atoms with Crippen LogP contribution in [0.3, 0.4) is 0 Å². The van der Waals surface area contributed by atoms with Crippen molar-refractivity contribution in [2.75, 3.05) is 16.9 Å². The summed E-state index contributed by atoms with van der Waals surface area (Å²) < 4.78 is 0. The Morgan fingerprint density at radius 2 is 1.95 bits per heavy atom. The number of benzene rings is 1. The molecule has 19 heavy (non-hydrogen) atoms. The van der Waals surface area contributed by atoms with Crippen LogP contribution in [0.25, 0.3) is 0 Å². The summed E-state index contributed by atoms with van der Waals surface area (Å²) in [7, 11) is 0. The maximum atomic E-state index is 5.43. The first-order valence-corrected chi connectivity index (χ1v) is 6.60. The van der Waals surface area contributed by atoms with Crippen LogP contribution in [-0.4, -0.2) is 11.5 Å². The molecular formula is C15H20N4. The summed E-state index contributed by atoms with van der Waals surface area (Å²) in [6, 6.07) is 14.3. The molecule has 100 valence electrons. The van der Waals surface area contributed by atoms with Crippen molar-refractivity contribution in [1.82, 2.24) is 4.98 Å². The van der Waals surface area contributed by atoms with Crippen molar-refractivity contribution in [1.29, 1.82) is 0 Å². The molecule has 1 aromatic carbocycles. The topological polar surface area (TPSA) is 54.2 Å². The van der Waals surface area contributed by atoms with E-state index in [1.54, 1.807) is 6.20 Å². The van der Waals surface area contributed by atoms with Gasteiger partial charge in [-0.25, -0.2) is 10.8 Å². The average Bonchev–Trinajstić information content (AvgIpc) is 2.49. The Morgan fingerprint density at radius 3 is 2.63 bits per heavy atom. The fraction of sp³-hybridized carbons (Fsp3) is 0.267. The standard InChI is InChI=1S/C15H20N4/c1-2-3-11-19(13-7-5-4-6-8-13)14-9-10-17-15(12-14)18-16/h4-10,12H,2-3,11,16H2,1H3,(H,17,18). The van der Waals surface area contributed by atoms with Gasteiger partial charge < -0.3 is 10.3 Å². The maximum Gasteiger partial charge on any atom is 0.141 e. The van der Waals surface area contributed by atoms with E-state index >= 15 is 0 Å². The fourth-order valence-electron chi connectivity index (χ4n) is 2.00. The number of unbranched alkanes of at least 4 members (excludes halogenated alkanes) is 1. The highest BCUT2D eigenvalue weighted by atomic mass is 15.3. The van der Waals surface area contributed by atoms with E-state index < -0.39 is 0 Å². The lowest BCUT2D eigenvalue weighted by Gasteiger charge is -2.25. The van der Waals surface area contributed by atoms with Gasteiger partial charge in [-0.2, -0.15) is 0 Å². The molecular weight excluding hydrogens is 236 g/mol. The molecule has 4 heteroatoms. The van der Waals surface area contributed by atoms with Crippen LogP contribution in [0, 0.1) is 0 Å². The SMILES string of the molecule is CCCCN(c1ccccc1)c1ccnc(NN)c1. The molecule has 0 atom stereocenters. The van der Waals surface area contributed by atoms with E-state index in [1.807, 2.05) is 18.2 Å². The van der Waals surface area contributed by atoms with Crippen LogP contribution in [0.4, 0.5) is 17.2 Å². The first kappa shape index (κ1) is 13.4. The molecule has 2 rings (SSSR count). The molecule has 0 unspecified atom stereocenters. The van der Waals surface area contributed by atoms with E-state index in [9.17, 15) is 0 Å². The number of anilines is 3. The number of hydrogen-bond acceptors (Lipinski definition) is 4. The number of pyridine rings is 1. The molecule has 0 amide bonds. The third-order valence-corrected chi connectivity index (χ3v) is 3.01. The largest absolute Gasteiger partial charge is 0.341 e. The van der Waals surface area contributed by atoms with Gasteiger partial charge in [-0.05, 0) is 24.6 Å². The summed E-state index contributed by atoms with van der Waals surface area (Å²) in [6.07, 6.45) is 4.07. The van der Waals surface area contributed by atoms with Crippen LogP contribution in [0.2, 0.25) is 0 Å². The predicted octanol–water partition coefficient (Wildman–Crippen LogP) is 3.31. The minimum atomic E-state index is 0.676. The molecule has 0 fully saturated rings. The molecule has 2 aromatic rings. The van der Waals surface area contributed by atoms with Crippen molar-refractivity contribution in [2.24, 2.45) is 5.84 Å². The van der Waals surface area contributed by atoms with Gasteiger partial charge in [0.05, 0.1) is 0 Å². The Kier molecular flexibility index (Phi) is 4.75. The number of nitrogens with zero attached hydrogens (tertiary/aromatic N) is 2. The summed E-state index contributed by atoms with van der Waals surface area (Å²) >= 11 is 0. The Bertz CT molecular complexity index is 499. The second-order valence-electron chi connectivity index (χ2n) is 4.38. The van der Waals surface area contributed by atoms with Gasteiger partial charge in [-0.15, -0.1) is 0 Å². The molecule has 0 aliphatic carbocycles. The van der Waals surface area contributed by atoms with E-state index in [1.165, 1.54) is 5.69 Å². The van der Waals surface area contributed by atoms with Crippen LogP contribution in [-0.2, 0) is 0 Å². The van der Waals surface area contributed by atoms with Gasteiger partial charge in [0.1, 0.15) is 5.82 Å². The van der Waals surface area contributed by atoms with E-state index in [-0.39, 0.29) is 0 Å². The molecule has 0 aliphatic rings. The zero-order valence-electron chi connectivity index (χ0n) is 11.2. The molecule has 0 radical (unpaired) electrons. The van der Waals surface area contributed by atoms with E-state index in [2.05, 4.69) is 46.5 Å². The second-order valence-corrected chi connectivity index (χ2v) is 4.38. The molecule has 4 nitrogen and oxygen atoms in total. The summed E-state index contributed by atoms with van der Waals surface area (Å²) in [5.74, 6) is 6.10. The highest BCUT2D eigenvalue weighted by Gasteiger charge is 2.09. The van der Waals surface area contributed by atoms with Crippen LogP contribution in [0.5, 0.6) is 0 Å². The van der Waals surface area contributed by atoms with E-state index in [0.29, 0.717) is 5.82 Å². The number of hydrogen-bond donors (Lipinski definition) is 2. The molecule has 1 aromatic heterocycles. The van der Waals surface area contributed by atoms with Gasteiger partial charge in [-0.1, -0.05) is 31.5 Å².